The van der Waals surface area contributed by atoms with Crippen molar-refractivity contribution in [2.45, 2.75) is 0 Å². The van der Waals surface area contributed by atoms with E-state index in [4.69, 9.17) is 4.74 Å². The molecule has 98 valence electrons. The molecule has 0 fully saturated rings. The van der Waals surface area contributed by atoms with E-state index in [9.17, 15) is 0 Å². The molecule has 0 aliphatic carbocycles. The molecule has 2 N–H and O–H groups in total. The number of aromatic nitrogens is 2. The second-order valence-corrected chi connectivity index (χ2v) is 5.32. The van der Waals surface area contributed by atoms with Crippen molar-refractivity contribution in [2.75, 3.05) is 25.6 Å². The number of fused-ring (bicyclic) bond motifs is 1. The highest BCUT2D eigenvalue weighted by atomic mass is 32.1. The van der Waals surface area contributed by atoms with Crippen molar-refractivity contribution >= 4 is 27.2 Å². The first-order valence-electron chi connectivity index (χ1n) is 6.14. The summed E-state index contributed by atoms with van der Waals surface area (Å²) in [5, 5.41) is 11.8. The van der Waals surface area contributed by atoms with Gasteiger partial charge in [0.2, 0.25) is 0 Å². The molecule has 0 radical (unpaired) electrons. The Hall–Kier alpha value is -1.85. The van der Waals surface area contributed by atoms with E-state index in [-0.39, 0.29) is 0 Å². The Labute approximate surface area is 115 Å². The van der Waals surface area contributed by atoms with Crippen LogP contribution in [-0.2, 0) is 4.74 Å². The number of nitrogens with one attached hydrogen (secondary N) is 2. The van der Waals surface area contributed by atoms with Gasteiger partial charge in [0, 0.05) is 24.4 Å². The van der Waals surface area contributed by atoms with Crippen LogP contribution in [-0.4, -0.2) is 30.5 Å². The van der Waals surface area contributed by atoms with Crippen LogP contribution in [0.15, 0.2) is 36.4 Å². The van der Waals surface area contributed by atoms with E-state index in [1.807, 2.05) is 6.07 Å². The molecule has 0 saturated carbocycles. The van der Waals surface area contributed by atoms with Crippen LogP contribution >= 0.6 is 11.3 Å². The fraction of sp³-hybridized carbons (Fsp3) is 0.214. The Bertz CT molecular complexity index is 641. The zero-order valence-corrected chi connectivity index (χ0v) is 11.5. The third-order valence-electron chi connectivity index (χ3n) is 2.88. The fourth-order valence-electron chi connectivity index (χ4n) is 1.93. The summed E-state index contributed by atoms with van der Waals surface area (Å²) >= 11 is 1.77. The summed E-state index contributed by atoms with van der Waals surface area (Å²) in [6.07, 6.45) is 0. The molecular weight excluding hydrogens is 258 g/mol. The number of nitrogens with zero attached hydrogens (tertiary/aromatic N) is 1. The number of hydrogen-bond donors (Lipinski definition) is 2. The molecule has 5 heteroatoms. The summed E-state index contributed by atoms with van der Waals surface area (Å²) in [6, 6.07) is 12.6. The molecule has 1 aromatic carbocycles. The lowest BCUT2D eigenvalue weighted by Gasteiger charge is -1.99. The van der Waals surface area contributed by atoms with E-state index in [1.165, 1.54) is 15.0 Å². The first kappa shape index (κ1) is 12.2. The topological polar surface area (TPSA) is 49.9 Å². The molecule has 4 nitrogen and oxygen atoms in total. The maximum atomic E-state index is 5.00. The highest BCUT2D eigenvalue weighted by Gasteiger charge is 2.07. The van der Waals surface area contributed by atoms with E-state index in [1.54, 1.807) is 18.4 Å². The van der Waals surface area contributed by atoms with Crippen LogP contribution in [0, 0.1) is 0 Å². The zero-order valence-electron chi connectivity index (χ0n) is 10.6. The molecule has 0 bridgehead atoms. The van der Waals surface area contributed by atoms with Gasteiger partial charge in [-0.1, -0.05) is 18.2 Å². The van der Waals surface area contributed by atoms with Crippen LogP contribution in [0.3, 0.4) is 0 Å². The molecule has 2 heterocycles. The summed E-state index contributed by atoms with van der Waals surface area (Å²) in [4.78, 5) is 1.20. The number of anilines is 1. The molecule has 0 atom stereocenters. The van der Waals surface area contributed by atoms with Crippen molar-refractivity contribution in [1.29, 1.82) is 0 Å². The largest absolute Gasteiger partial charge is 0.383 e. The van der Waals surface area contributed by atoms with Gasteiger partial charge in [-0.2, -0.15) is 5.10 Å². The van der Waals surface area contributed by atoms with Gasteiger partial charge in [-0.3, -0.25) is 5.10 Å². The number of hydrogen-bond acceptors (Lipinski definition) is 4. The molecule has 19 heavy (non-hydrogen) atoms. The van der Waals surface area contributed by atoms with Gasteiger partial charge in [0.05, 0.1) is 17.2 Å². The van der Waals surface area contributed by atoms with Gasteiger partial charge < -0.3 is 10.1 Å². The van der Waals surface area contributed by atoms with Crippen molar-refractivity contribution in [1.82, 2.24) is 10.2 Å². The number of thiophene rings is 1. The maximum Gasteiger partial charge on any atom is 0.148 e. The van der Waals surface area contributed by atoms with Crippen molar-refractivity contribution in [3.63, 3.8) is 0 Å². The fourth-order valence-corrected chi connectivity index (χ4v) is 2.96. The minimum Gasteiger partial charge on any atom is -0.383 e. The lowest BCUT2D eigenvalue weighted by molar-refractivity contribution is 0.210. The minimum atomic E-state index is 0.672. The van der Waals surface area contributed by atoms with Gasteiger partial charge in [-0.25, -0.2) is 0 Å². The highest BCUT2D eigenvalue weighted by molar-refractivity contribution is 7.22. The Morgan fingerprint density at radius 1 is 1.32 bits per heavy atom. The van der Waals surface area contributed by atoms with Gasteiger partial charge in [0.1, 0.15) is 5.82 Å². The Morgan fingerprint density at radius 3 is 3.05 bits per heavy atom. The molecule has 0 amide bonds. The first-order chi connectivity index (χ1) is 9.36. The van der Waals surface area contributed by atoms with Gasteiger partial charge in [-0.15, -0.1) is 11.3 Å². The molecule has 0 unspecified atom stereocenters. The van der Waals surface area contributed by atoms with Gasteiger partial charge >= 0.3 is 0 Å². The van der Waals surface area contributed by atoms with E-state index in [0.717, 1.165) is 18.1 Å². The van der Waals surface area contributed by atoms with Crippen molar-refractivity contribution in [3.8, 4) is 10.6 Å². The Balaban J connectivity index is 1.81. The van der Waals surface area contributed by atoms with Crippen molar-refractivity contribution in [2.24, 2.45) is 0 Å². The molecule has 3 aromatic rings. The molecule has 0 aliphatic rings. The van der Waals surface area contributed by atoms with Crippen LogP contribution in [0.5, 0.6) is 0 Å². The molecule has 0 aliphatic heterocycles. The normalized spacial score (nSPS) is 11.0. The number of ether oxygens (including phenoxy) is 1. The van der Waals surface area contributed by atoms with E-state index in [0.29, 0.717) is 6.61 Å². The van der Waals surface area contributed by atoms with Crippen LogP contribution in [0.1, 0.15) is 0 Å². The highest BCUT2D eigenvalue weighted by Crippen LogP contribution is 2.32. The predicted molar refractivity (Wildman–Crippen MR) is 79.8 cm³/mol. The van der Waals surface area contributed by atoms with Gasteiger partial charge in [0.25, 0.3) is 0 Å². The quantitative estimate of drug-likeness (QED) is 0.701. The molecule has 0 saturated heterocycles. The average molecular weight is 273 g/mol. The van der Waals surface area contributed by atoms with Gasteiger partial charge in [0.15, 0.2) is 0 Å². The molecule has 0 spiro atoms. The van der Waals surface area contributed by atoms with Crippen LogP contribution < -0.4 is 5.32 Å². The van der Waals surface area contributed by atoms with E-state index >= 15 is 0 Å². The number of methoxy groups -OCH3 is 1. The average Bonchev–Trinajstić information content (AvgIpc) is 3.04. The van der Waals surface area contributed by atoms with E-state index < -0.39 is 0 Å². The second-order valence-electron chi connectivity index (χ2n) is 4.23. The Morgan fingerprint density at radius 2 is 2.21 bits per heavy atom. The standard InChI is InChI=1S/C14H15N3OS/c1-18-7-6-15-14-9-11(16-17-14)13-8-10-4-2-3-5-12(10)19-13/h2-5,8-9H,6-7H2,1H3,(H2,15,16,17). The summed E-state index contributed by atoms with van der Waals surface area (Å²) in [7, 11) is 1.69. The van der Waals surface area contributed by atoms with Crippen molar-refractivity contribution < 1.29 is 4.74 Å². The SMILES string of the molecule is COCCNc1cc(-c2cc3ccccc3s2)[nH]n1. The van der Waals surface area contributed by atoms with Crippen LogP contribution in [0.4, 0.5) is 5.82 Å². The number of aromatic amines is 1. The molecular formula is C14H15N3OS. The number of H-pyrrole nitrogens is 1. The summed E-state index contributed by atoms with van der Waals surface area (Å²) in [6.45, 7) is 1.43. The summed E-state index contributed by atoms with van der Waals surface area (Å²) in [5.41, 5.74) is 1.04. The lowest BCUT2D eigenvalue weighted by Crippen LogP contribution is -2.07. The Kier molecular flexibility index (Phi) is 3.48. The molecule has 3 rings (SSSR count). The minimum absolute atomic E-state index is 0.672. The third-order valence-corrected chi connectivity index (χ3v) is 4.03. The maximum absolute atomic E-state index is 5.00. The van der Waals surface area contributed by atoms with Crippen molar-refractivity contribution in [3.05, 3.63) is 36.4 Å². The summed E-state index contributed by atoms with van der Waals surface area (Å²) < 4.78 is 6.29. The number of benzene rings is 1. The monoisotopic (exact) mass is 273 g/mol. The van der Waals surface area contributed by atoms with Crippen LogP contribution in [0.25, 0.3) is 20.7 Å². The molecule has 2 aromatic heterocycles. The summed E-state index contributed by atoms with van der Waals surface area (Å²) in [5.74, 6) is 0.851. The van der Waals surface area contributed by atoms with E-state index in [2.05, 4.69) is 45.8 Å². The predicted octanol–water partition coefficient (Wildman–Crippen LogP) is 3.35. The van der Waals surface area contributed by atoms with Gasteiger partial charge in [-0.05, 0) is 17.5 Å². The van der Waals surface area contributed by atoms with Crippen LogP contribution in [0.2, 0.25) is 0 Å². The third kappa shape index (κ3) is 2.62. The second kappa shape index (κ2) is 5.42. The first-order valence-corrected chi connectivity index (χ1v) is 6.95. The zero-order chi connectivity index (χ0) is 13.1. The number of rotatable bonds is 5. The lowest BCUT2D eigenvalue weighted by atomic mass is 10.2. The smallest absolute Gasteiger partial charge is 0.148 e.